The minimum Gasteiger partial charge on any atom is -0.508 e. The molecule has 0 aliphatic carbocycles. The van der Waals surface area contributed by atoms with E-state index in [0.717, 1.165) is 56.0 Å². The summed E-state index contributed by atoms with van der Waals surface area (Å²) in [4.78, 5) is 23.4. The molecule has 3 aromatic rings. The number of benzene rings is 2. The van der Waals surface area contributed by atoms with E-state index in [0.29, 0.717) is 6.54 Å². The molecule has 1 unspecified atom stereocenters. The van der Waals surface area contributed by atoms with Gasteiger partial charge in [-0.05, 0) is 48.2 Å². The van der Waals surface area contributed by atoms with E-state index < -0.39 is 0 Å². The summed E-state index contributed by atoms with van der Waals surface area (Å²) in [6.07, 6.45) is 4.48. The highest BCUT2D eigenvalue weighted by Crippen LogP contribution is 2.20. The third-order valence-electron chi connectivity index (χ3n) is 5.88. The van der Waals surface area contributed by atoms with Gasteiger partial charge >= 0.3 is 5.97 Å². The molecule has 7 heteroatoms. The largest absolute Gasteiger partial charge is 0.508 e. The van der Waals surface area contributed by atoms with Gasteiger partial charge in [-0.15, -0.1) is 0 Å². The Morgan fingerprint density at radius 1 is 1.15 bits per heavy atom. The van der Waals surface area contributed by atoms with E-state index in [1.807, 2.05) is 24.4 Å². The molecule has 4 rings (SSSR count). The molecule has 2 aromatic carbocycles. The van der Waals surface area contributed by atoms with E-state index in [2.05, 4.69) is 39.5 Å². The van der Waals surface area contributed by atoms with E-state index in [4.69, 9.17) is 9.72 Å². The van der Waals surface area contributed by atoms with E-state index in [-0.39, 0.29) is 17.8 Å². The maximum atomic E-state index is 11.9. The fourth-order valence-corrected chi connectivity index (χ4v) is 4.14. The summed E-state index contributed by atoms with van der Waals surface area (Å²) in [5.41, 5.74) is 4.36. The molecule has 2 N–H and O–H groups in total. The Morgan fingerprint density at radius 2 is 2.00 bits per heavy atom. The lowest BCUT2D eigenvalue weighted by Crippen LogP contribution is -2.54. The topological polar surface area (TPSA) is 87.6 Å². The summed E-state index contributed by atoms with van der Waals surface area (Å²) < 4.78 is 4.88. The number of esters is 1. The summed E-state index contributed by atoms with van der Waals surface area (Å²) in [5.74, 6) is 0.907. The van der Waals surface area contributed by atoms with Crippen LogP contribution in [0.1, 0.15) is 23.4 Å². The predicted octanol–water partition coefficient (Wildman–Crippen LogP) is 2.97. The first-order valence-corrected chi connectivity index (χ1v) is 11.3. The molecule has 0 saturated carbocycles. The fraction of sp³-hybridized carbons (Fsp3) is 0.346. The number of hydrogen-bond acceptors (Lipinski definition) is 7. The molecular formula is C26H30N4O3. The highest BCUT2D eigenvalue weighted by Gasteiger charge is 2.25. The van der Waals surface area contributed by atoms with Crippen molar-refractivity contribution in [2.24, 2.45) is 0 Å². The van der Waals surface area contributed by atoms with Gasteiger partial charge in [0.25, 0.3) is 0 Å². The summed E-state index contributed by atoms with van der Waals surface area (Å²) >= 11 is 0. The number of nitrogens with one attached hydrogen (secondary N) is 1. The first-order valence-electron chi connectivity index (χ1n) is 11.3. The molecule has 0 amide bonds. The van der Waals surface area contributed by atoms with Crippen molar-refractivity contribution < 1.29 is 14.6 Å². The Balaban J connectivity index is 1.37. The van der Waals surface area contributed by atoms with E-state index in [9.17, 15) is 9.90 Å². The third-order valence-corrected chi connectivity index (χ3v) is 5.88. The van der Waals surface area contributed by atoms with Gasteiger partial charge in [0.2, 0.25) is 0 Å². The van der Waals surface area contributed by atoms with Crippen LogP contribution in [0.25, 0.3) is 11.3 Å². The van der Waals surface area contributed by atoms with Crippen LogP contribution in [0.5, 0.6) is 5.75 Å². The first-order chi connectivity index (χ1) is 16.1. The Morgan fingerprint density at radius 3 is 2.82 bits per heavy atom. The number of rotatable bonds is 8. The number of aromatic hydroxyl groups is 1. The molecule has 1 aliphatic heterocycles. The van der Waals surface area contributed by atoms with Gasteiger partial charge in [0.15, 0.2) is 0 Å². The average Bonchev–Trinajstić information content (AvgIpc) is 2.85. The summed E-state index contributed by atoms with van der Waals surface area (Å²) in [6, 6.07) is 17.4. The Labute approximate surface area is 194 Å². The first kappa shape index (κ1) is 22.9. The maximum absolute atomic E-state index is 11.9. The lowest BCUT2D eigenvalue weighted by atomic mass is 10.1. The van der Waals surface area contributed by atoms with Crippen molar-refractivity contribution >= 4 is 5.97 Å². The van der Waals surface area contributed by atoms with Crippen LogP contribution in [-0.2, 0) is 28.9 Å². The van der Waals surface area contributed by atoms with Crippen molar-refractivity contribution in [2.75, 3.05) is 26.7 Å². The average molecular weight is 447 g/mol. The SMILES string of the molecule is COC(=O)C1CN(Cc2cccc(-c3ccnc(CCCc4ccc(O)cc4)n3)c2)CCN1. The zero-order chi connectivity index (χ0) is 23.0. The van der Waals surface area contributed by atoms with Crippen molar-refractivity contribution in [2.45, 2.75) is 31.8 Å². The number of ether oxygens (including phenoxy) is 1. The van der Waals surface area contributed by atoms with Crippen LogP contribution in [0, 0.1) is 0 Å². The van der Waals surface area contributed by atoms with Crippen molar-refractivity contribution in [1.29, 1.82) is 0 Å². The van der Waals surface area contributed by atoms with Crippen LogP contribution in [0.3, 0.4) is 0 Å². The van der Waals surface area contributed by atoms with Gasteiger partial charge in [-0.2, -0.15) is 0 Å². The summed E-state index contributed by atoms with van der Waals surface area (Å²) in [5, 5.41) is 12.6. The molecule has 1 saturated heterocycles. The Hall–Kier alpha value is -3.29. The second-order valence-corrected chi connectivity index (χ2v) is 8.34. The van der Waals surface area contributed by atoms with Crippen LogP contribution in [0.4, 0.5) is 0 Å². The zero-order valence-electron chi connectivity index (χ0n) is 18.9. The highest BCUT2D eigenvalue weighted by molar-refractivity contribution is 5.76. The maximum Gasteiger partial charge on any atom is 0.324 e. The molecule has 7 nitrogen and oxygen atoms in total. The molecule has 33 heavy (non-hydrogen) atoms. The number of methoxy groups -OCH3 is 1. The third kappa shape index (κ3) is 6.37. The normalized spacial score (nSPS) is 16.5. The van der Waals surface area contributed by atoms with Crippen molar-refractivity contribution in [3.8, 4) is 17.0 Å². The van der Waals surface area contributed by atoms with Crippen LogP contribution in [-0.4, -0.2) is 58.7 Å². The van der Waals surface area contributed by atoms with Gasteiger partial charge in [-0.1, -0.05) is 30.3 Å². The van der Waals surface area contributed by atoms with Crippen LogP contribution in [0.2, 0.25) is 0 Å². The smallest absolute Gasteiger partial charge is 0.324 e. The number of phenols is 1. The lowest BCUT2D eigenvalue weighted by Gasteiger charge is -2.32. The van der Waals surface area contributed by atoms with Gasteiger partial charge < -0.3 is 15.2 Å². The number of piperazine rings is 1. The molecule has 2 heterocycles. The molecular weight excluding hydrogens is 416 g/mol. The number of phenolic OH excluding ortho intramolecular Hbond substituents is 1. The number of carbonyl (C=O) groups is 1. The molecule has 0 spiro atoms. The van der Waals surface area contributed by atoms with Crippen molar-refractivity contribution in [1.82, 2.24) is 20.2 Å². The molecule has 1 aromatic heterocycles. The summed E-state index contributed by atoms with van der Waals surface area (Å²) in [7, 11) is 1.43. The van der Waals surface area contributed by atoms with E-state index >= 15 is 0 Å². The van der Waals surface area contributed by atoms with Crippen molar-refractivity contribution in [3.63, 3.8) is 0 Å². The fourth-order valence-electron chi connectivity index (χ4n) is 4.14. The second kappa shape index (κ2) is 11.0. The number of hydrogen-bond donors (Lipinski definition) is 2. The standard InChI is InChI=1S/C26H30N4O3/c1-33-26(32)24-18-30(15-14-27-24)17-20-5-2-6-21(16-20)23-12-13-28-25(29-23)7-3-4-19-8-10-22(31)11-9-19/h2,5-6,8-13,16,24,27,31H,3-4,7,14-15,17-18H2,1H3. The highest BCUT2D eigenvalue weighted by atomic mass is 16.5. The molecule has 0 radical (unpaired) electrons. The molecule has 1 aliphatic rings. The lowest BCUT2D eigenvalue weighted by molar-refractivity contribution is -0.144. The zero-order valence-corrected chi connectivity index (χ0v) is 18.9. The van der Waals surface area contributed by atoms with Gasteiger partial charge in [0.1, 0.15) is 17.6 Å². The van der Waals surface area contributed by atoms with Crippen LogP contribution in [0.15, 0.2) is 60.8 Å². The minimum absolute atomic E-state index is 0.215. The Bertz CT molecular complexity index is 1070. The Kier molecular flexibility index (Phi) is 7.65. The molecule has 1 atom stereocenters. The quantitative estimate of drug-likeness (QED) is 0.515. The number of aromatic nitrogens is 2. The van der Waals surface area contributed by atoms with Gasteiger partial charge in [0, 0.05) is 44.4 Å². The second-order valence-electron chi connectivity index (χ2n) is 8.34. The molecule has 0 bridgehead atoms. The number of nitrogens with zero attached hydrogens (tertiary/aromatic N) is 3. The molecule has 1 fully saturated rings. The van der Waals surface area contributed by atoms with Crippen molar-refractivity contribution in [3.05, 3.63) is 77.7 Å². The van der Waals surface area contributed by atoms with E-state index in [1.165, 1.54) is 18.2 Å². The van der Waals surface area contributed by atoms with Gasteiger partial charge in [0.05, 0.1) is 12.8 Å². The molecule has 172 valence electrons. The van der Waals surface area contributed by atoms with Gasteiger partial charge in [-0.3, -0.25) is 9.69 Å². The summed E-state index contributed by atoms with van der Waals surface area (Å²) in [6.45, 7) is 3.05. The number of carbonyl (C=O) groups excluding carboxylic acids is 1. The monoisotopic (exact) mass is 446 g/mol. The predicted molar refractivity (Wildman–Crippen MR) is 127 cm³/mol. The van der Waals surface area contributed by atoms with Crippen LogP contribution < -0.4 is 5.32 Å². The minimum atomic E-state index is -0.280. The van der Waals surface area contributed by atoms with Crippen LogP contribution >= 0.6 is 0 Å². The van der Waals surface area contributed by atoms with Gasteiger partial charge in [-0.25, -0.2) is 9.97 Å². The number of aryl methyl sites for hydroxylation is 2. The van der Waals surface area contributed by atoms with E-state index in [1.54, 1.807) is 12.1 Å².